The van der Waals surface area contributed by atoms with Gasteiger partial charge in [-0.3, -0.25) is 19.3 Å². The number of carbonyl (C=O) groups is 4. The average Bonchev–Trinajstić information content (AvgIpc) is 3.08. The largest absolute Gasteiger partial charge is 0.452 e. The molecule has 1 aliphatic carbocycles. The number of amides is 3. The van der Waals surface area contributed by atoms with Crippen molar-refractivity contribution in [2.24, 2.45) is 11.8 Å². The summed E-state index contributed by atoms with van der Waals surface area (Å²) in [6.45, 7) is -0.799. The molecule has 35 heavy (non-hydrogen) atoms. The molecule has 0 bridgehead atoms. The summed E-state index contributed by atoms with van der Waals surface area (Å²) in [6.07, 6.45) is 0.0351. The van der Waals surface area contributed by atoms with Crippen LogP contribution in [0.5, 0.6) is 0 Å². The van der Waals surface area contributed by atoms with Gasteiger partial charge in [-0.15, -0.1) is 0 Å². The van der Waals surface area contributed by atoms with Gasteiger partial charge in [0.05, 0.1) is 39.4 Å². The van der Waals surface area contributed by atoms with E-state index < -0.39 is 42.1 Å². The fraction of sp³-hybridized carbons (Fsp3) is 0.250. The minimum Gasteiger partial charge on any atom is -0.452 e. The first-order chi connectivity index (χ1) is 16.6. The summed E-state index contributed by atoms with van der Waals surface area (Å²) in [4.78, 5) is 51.2. The maximum Gasteiger partial charge on any atom is 0.416 e. The number of hydrogen-bond donors (Lipinski definition) is 1. The third-order valence-corrected chi connectivity index (χ3v) is 6.08. The number of imide groups is 1. The third-order valence-electron chi connectivity index (χ3n) is 5.75. The predicted molar refractivity (Wildman–Crippen MR) is 120 cm³/mol. The van der Waals surface area contributed by atoms with E-state index in [0.29, 0.717) is 18.9 Å². The first kappa shape index (κ1) is 24.5. The number of carbonyl (C=O) groups excluding carboxylic acids is 4. The Morgan fingerprint density at radius 3 is 2.31 bits per heavy atom. The second kappa shape index (κ2) is 9.53. The van der Waals surface area contributed by atoms with Crippen LogP contribution in [0.4, 0.5) is 24.5 Å². The Bertz CT molecular complexity index is 1220. The highest BCUT2D eigenvalue weighted by molar-refractivity contribution is 6.33. The van der Waals surface area contributed by atoms with E-state index in [1.807, 2.05) is 12.2 Å². The van der Waals surface area contributed by atoms with Crippen molar-refractivity contribution in [1.82, 2.24) is 0 Å². The lowest BCUT2D eigenvalue weighted by molar-refractivity contribution is -0.137. The molecule has 1 aliphatic heterocycles. The normalized spacial score (nSPS) is 19.5. The fourth-order valence-corrected chi connectivity index (χ4v) is 4.19. The van der Waals surface area contributed by atoms with Crippen LogP contribution in [0.25, 0.3) is 0 Å². The summed E-state index contributed by atoms with van der Waals surface area (Å²) < 4.78 is 43.6. The summed E-state index contributed by atoms with van der Waals surface area (Å²) in [5.74, 6) is -3.38. The molecule has 2 atom stereocenters. The smallest absolute Gasteiger partial charge is 0.416 e. The second-order valence-corrected chi connectivity index (χ2v) is 8.44. The molecule has 182 valence electrons. The third kappa shape index (κ3) is 5.07. The standard InChI is InChI=1S/C24H18ClF3N2O5/c25-18-9-8-14(24(26,27)28)11-19(18)29-20(31)12-35-23(34)13-4-3-5-15(10-13)30-21(32)16-6-1-2-7-17(16)22(30)33/h1-5,8-11,16-17H,6-7,12H2,(H,29,31)/t16-,17-/m1/s1. The van der Waals surface area contributed by atoms with Gasteiger partial charge in [-0.2, -0.15) is 13.2 Å². The van der Waals surface area contributed by atoms with Gasteiger partial charge in [0.2, 0.25) is 11.8 Å². The van der Waals surface area contributed by atoms with Gasteiger partial charge in [-0.25, -0.2) is 4.79 Å². The number of rotatable bonds is 5. The van der Waals surface area contributed by atoms with Crippen molar-refractivity contribution in [3.05, 3.63) is 70.8 Å². The number of ether oxygens (including phenoxy) is 1. The van der Waals surface area contributed by atoms with E-state index in [-0.39, 0.29) is 33.8 Å². The molecule has 0 unspecified atom stereocenters. The molecule has 11 heteroatoms. The number of allylic oxidation sites excluding steroid dienone is 2. The van der Waals surface area contributed by atoms with Crippen LogP contribution in [-0.4, -0.2) is 30.3 Å². The number of esters is 1. The number of nitrogens with one attached hydrogen (secondary N) is 1. The van der Waals surface area contributed by atoms with Crippen LogP contribution in [0.2, 0.25) is 5.02 Å². The first-order valence-corrected chi connectivity index (χ1v) is 10.9. The van der Waals surface area contributed by atoms with E-state index in [1.165, 1.54) is 24.3 Å². The zero-order valence-corrected chi connectivity index (χ0v) is 18.7. The van der Waals surface area contributed by atoms with Crippen LogP contribution in [0.3, 0.4) is 0 Å². The molecule has 4 rings (SSSR count). The molecule has 3 amide bonds. The van der Waals surface area contributed by atoms with Crippen LogP contribution in [0, 0.1) is 11.8 Å². The van der Waals surface area contributed by atoms with Crippen LogP contribution in [0.1, 0.15) is 28.8 Å². The van der Waals surface area contributed by atoms with Crippen molar-refractivity contribution >= 4 is 46.7 Å². The van der Waals surface area contributed by atoms with Crippen LogP contribution < -0.4 is 10.2 Å². The minimum absolute atomic E-state index is 0.0130. The molecule has 0 saturated carbocycles. The van der Waals surface area contributed by atoms with E-state index in [1.54, 1.807) is 0 Å². The highest BCUT2D eigenvalue weighted by Crippen LogP contribution is 2.38. The van der Waals surface area contributed by atoms with Gasteiger partial charge in [0.1, 0.15) is 0 Å². The molecule has 2 aromatic carbocycles. The number of halogens is 4. The molecule has 1 heterocycles. The van der Waals surface area contributed by atoms with Gasteiger partial charge in [-0.1, -0.05) is 29.8 Å². The van der Waals surface area contributed by atoms with E-state index >= 15 is 0 Å². The summed E-state index contributed by atoms with van der Waals surface area (Å²) in [7, 11) is 0. The Kier molecular flexibility index (Phi) is 6.66. The summed E-state index contributed by atoms with van der Waals surface area (Å²) in [5, 5.41) is 2.05. The summed E-state index contributed by atoms with van der Waals surface area (Å²) in [6, 6.07) is 8.10. The van der Waals surface area contributed by atoms with E-state index in [4.69, 9.17) is 16.3 Å². The molecule has 1 N–H and O–H groups in total. The predicted octanol–water partition coefficient (Wildman–Crippen LogP) is 4.61. The summed E-state index contributed by atoms with van der Waals surface area (Å²) in [5.41, 5.74) is -1.09. The van der Waals surface area contributed by atoms with Crippen molar-refractivity contribution in [2.45, 2.75) is 19.0 Å². The molecular weight excluding hydrogens is 489 g/mol. The lowest BCUT2D eigenvalue weighted by Gasteiger charge is -2.15. The number of anilines is 2. The van der Waals surface area contributed by atoms with E-state index in [0.717, 1.165) is 17.0 Å². The number of alkyl halides is 3. The molecular formula is C24H18ClF3N2O5. The molecule has 0 radical (unpaired) electrons. The van der Waals surface area contributed by atoms with Crippen LogP contribution in [0.15, 0.2) is 54.6 Å². The molecule has 1 fully saturated rings. The average molecular weight is 507 g/mol. The van der Waals surface area contributed by atoms with Crippen LogP contribution in [-0.2, 0) is 25.3 Å². The summed E-state index contributed by atoms with van der Waals surface area (Å²) >= 11 is 5.84. The van der Waals surface area contributed by atoms with Crippen molar-refractivity contribution in [3.8, 4) is 0 Å². The van der Waals surface area contributed by atoms with E-state index in [2.05, 4.69) is 5.32 Å². The van der Waals surface area contributed by atoms with Gasteiger partial charge < -0.3 is 10.1 Å². The first-order valence-electron chi connectivity index (χ1n) is 10.5. The van der Waals surface area contributed by atoms with Crippen LogP contribution >= 0.6 is 11.6 Å². The molecule has 7 nitrogen and oxygen atoms in total. The van der Waals surface area contributed by atoms with E-state index in [9.17, 15) is 32.3 Å². The van der Waals surface area contributed by atoms with Crippen molar-refractivity contribution in [2.75, 3.05) is 16.8 Å². The lowest BCUT2D eigenvalue weighted by atomic mass is 9.85. The number of fused-ring (bicyclic) bond motifs is 1. The maximum atomic E-state index is 12.9. The van der Waals surface area contributed by atoms with Gasteiger partial charge in [0, 0.05) is 0 Å². The SMILES string of the molecule is O=C(COC(=O)c1cccc(N2C(=O)[C@@H]3CC=CC[C@H]3C2=O)c1)Nc1cc(C(F)(F)F)ccc1Cl. The highest BCUT2D eigenvalue weighted by atomic mass is 35.5. The van der Waals surface area contributed by atoms with Gasteiger partial charge >= 0.3 is 12.1 Å². The van der Waals surface area contributed by atoms with Crippen molar-refractivity contribution in [1.29, 1.82) is 0 Å². The Labute approximate surface area is 202 Å². The number of benzene rings is 2. The second-order valence-electron chi connectivity index (χ2n) is 8.03. The lowest BCUT2D eigenvalue weighted by Crippen LogP contribution is -2.31. The Hall–Kier alpha value is -3.66. The van der Waals surface area contributed by atoms with Gasteiger partial charge in [0.25, 0.3) is 5.91 Å². The van der Waals surface area contributed by atoms with Crippen molar-refractivity contribution < 1.29 is 37.1 Å². The Morgan fingerprint density at radius 2 is 1.69 bits per heavy atom. The molecule has 2 aliphatic rings. The zero-order valence-electron chi connectivity index (χ0n) is 18.0. The Balaban J connectivity index is 1.41. The maximum absolute atomic E-state index is 12.9. The Morgan fingerprint density at radius 1 is 1.03 bits per heavy atom. The van der Waals surface area contributed by atoms with Crippen molar-refractivity contribution in [3.63, 3.8) is 0 Å². The number of hydrogen-bond acceptors (Lipinski definition) is 5. The molecule has 1 saturated heterocycles. The zero-order chi connectivity index (χ0) is 25.3. The molecule has 0 spiro atoms. The minimum atomic E-state index is -4.63. The molecule has 2 aromatic rings. The monoisotopic (exact) mass is 506 g/mol. The van der Waals surface area contributed by atoms with Gasteiger partial charge in [0.15, 0.2) is 6.61 Å². The topological polar surface area (TPSA) is 92.8 Å². The fourth-order valence-electron chi connectivity index (χ4n) is 4.02. The molecule has 0 aromatic heterocycles. The highest BCUT2D eigenvalue weighted by Gasteiger charge is 2.47. The number of nitrogens with zero attached hydrogens (tertiary/aromatic N) is 1. The van der Waals surface area contributed by atoms with Gasteiger partial charge in [-0.05, 0) is 49.2 Å². The quantitative estimate of drug-likeness (QED) is 0.363.